The Hall–Kier alpha value is -4.66. The summed E-state index contributed by atoms with van der Waals surface area (Å²) in [6.45, 7) is 2.92. The van der Waals surface area contributed by atoms with Crippen molar-refractivity contribution in [1.82, 2.24) is 10.4 Å². The first-order valence-corrected chi connectivity index (χ1v) is 11.8. The lowest BCUT2D eigenvalue weighted by molar-refractivity contribution is -0.150. The molecule has 1 unspecified atom stereocenters. The fourth-order valence-electron chi connectivity index (χ4n) is 3.77. The predicted octanol–water partition coefficient (Wildman–Crippen LogP) is 3.71. The normalized spacial score (nSPS) is 15.0. The van der Waals surface area contributed by atoms with E-state index < -0.39 is 35.6 Å². The summed E-state index contributed by atoms with van der Waals surface area (Å²) in [5.74, 6) is -1.07. The summed E-state index contributed by atoms with van der Waals surface area (Å²) in [5.41, 5.74) is 2.81. The summed E-state index contributed by atoms with van der Waals surface area (Å²) in [5, 5.41) is 0.953. The van der Waals surface area contributed by atoms with Crippen LogP contribution in [0, 0.1) is 5.92 Å². The number of benzene rings is 3. The van der Waals surface area contributed by atoms with Gasteiger partial charge in [-0.3, -0.25) is 24.6 Å². The molecule has 1 fully saturated rings. The zero-order valence-electron chi connectivity index (χ0n) is 20.5. The van der Waals surface area contributed by atoms with Gasteiger partial charge < -0.3 is 9.47 Å². The maximum atomic E-state index is 13.3. The van der Waals surface area contributed by atoms with Crippen molar-refractivity contribution in [2.24, 2.45) is 5.92 Å². The van der Waals surface area contributed by atoms with Crippen molar-refractivity contribution < 1.29 is 28.7 Å². The molecule has 0 radical (unpaired) electrons. The second kappa shape index (κ2) is 11.4. The molecule has 9 nitrogen and oxygen atoms in total. The van der Waals surface area contributed by atoms with Gasteiger partial charge in [-0.25, -0.2) is 9.91 Å². The Bertz CT molecular complexity index is 1260. The number of hydrazine groups is 1. The molecule has 3 aromatic carbocycles. The van der Waals surface area contributed by atoms with Crippen molar-refractivity contribution in [1.29, 1.82) is 0 Å². The van der Waals surface area contributed by atoms with Crippen molar-refractivity contribution >= 4 is 29.3 Å². The minimum atomic E-state index is -1.18. The van der Waals surface area contributed by atoms with Crippen LogP contribution in [0.3, 0.4) is 0 Å². The van der Waals surface area contributed by atoms with Crippen molar-refractivity contribution in [2.45, 2.75) is 26.3 Å². The molecule has 37 heavy (non-hydrogen) atoms. The van der Waals surface area contributed by atoms with Gasteiger partial charge in [0, 0.05) is 5.92 Å². The first-order valence-electron chi connectivity index (χ1n) is 11.8. The number of imide groups is 1. The second-order valence-electron chi connectivity index (χ2n) is 8.70. The molecule has 0 bridgehead atoms. The Morgan fingerprint density at radius 2 is 1.46 bits per heavy atom. The van der Waals surface area contributed by atoms with Gasteiger partial charge in [-0.05, 0) is 48.5 Å². The Balaban J connectivity index is 1.46. The zero-order valence-corrected chi connectivity index (χ0v) is 20.5. The standard InChI is InChI=1S/C28H27N3O6/c1-19(2)27(34)31(29-25(32)18-36-21-9-5-3-6-10-21)24-17-26(33)30(28(24)35)20-13-15-23(16-14-20)37-22-11-7-4-8-12-22/h3-16,19,24H,17-18H2,1-2H3,(H,29,32). The summed E-state index contributed by atoms with van der Waals surface area (Å²) in [6.07, 6.45) is -0.265. The number of nitrogens with one attached hydrogen (secondary N) is 1. The molecule has 0 aliphatic carbocycles. The number of carbonyl (C=O) groups is 4. The first-order chi connectivity index (χ1) is 17.8. The van der Waals surface area contributed by atoms with Gasteiger partial charge in [-0.15, -0.1) is 0 Å². The molecule has 1 atom stereocenters. The second-order valence-corrected chi connectivity index (χ2v) is 8.70. The van der Waals surface area contributed by atoms with Gasteiger partial charge in [-0.1, -0.05) is 50.2 Å². The van der Waals surface area contributed by atoms with Gasteiger partial charge in [0.25, 0.3) is 11.8 Å². The highest BCUT2D eigenvalue weighted by atomic mass is 16.5. The van der Waals surface area contributed by atoms with Crippen LogP contribution in [0.4, 0.5) is 5.69 Å². The molecular formula is C28H27N3O6. The quantitative estimate of drug-likeness (QED) is 0.373. The lowest BCUT2D eigenvalue weighted by Crippen LogP contribution is -2.56. The van der Waals surface area contributed by atoms with Crippen LogP contribution in [-0.4, -0.2) is 41.3 Å². The highest BCUT2D eigenvalue weighted by molar-refractivity contribution is 6.23. The van der Waals surface area contributed by atoms with E-state index in [1.54, 1.807) is 62.4 Å². The summed E-state index contributed by atoms with van der Waals surface area (Å²) in [7, 11) is 0. The average Bonchev–Trinajstić information content (AvgIpc) is 3.20. The summed E-state index contributed by atoms with van der Waals surface area (Å²) < 4.78 is 11.2. The molecular weight excluding hydrogens is 474 g/mol. The number of rotatable bonds is 8. The topological polar surface area (TPSA) is 105 Å². The average molecular weight is 502 g/mol. The van der Waals surface area contributed by atoms with Gasteiger partial charge in [-0.2, -0.15) is 0 Å². The third-order valence-corrected chi connectivity index (χ3v) is 5.60. The number of hydrogen-bond acceptors (Lipinski definition) is 6. The Labute approximate surface area is 214 Å². The number of ether oxygens (including phenoxy) is 2. The molecule has 1 saturated heterocycles. The van der Waals surface area contributed by atoms with Crippen LogP contribution < -0.4 is 19.8 Å². The fourth-order valence-corrected chi connectivity index (χ4v) is 3.77. The van der Waals surface area contributed by atoms with E-state index in [9.17, 15) is 19.2 Å². The highest BCUT2D eigenvalue weighted by Crippen LogP contribution is 2.29. The SMILES string of the molecule is CC(C)C(=O)N(NC(=O)COc1ccccc1)C1CC(=O)N(c2ccc(Oc3ccccc3)cc2)C1=O. The van der Waals surface area contributed by atoms with E-state index in [2.05, 4.69) is 5.43 Å². The van der Waals surface area contributed by atoms with Crippen molar-refractivity contribution in [3.63, 3.8) is 0 Å². The predicted molar refractivity (Wildman–Crippen MR) is 136 cm³/mol. The van der Waals surface area contributed by atoms with E-state index in [-0.39, 0.29) is 13.0 Å². The number of para-hydroxylation sites is 2. The van der Waals surface area contributed by atoms with E-state index in [0.717, 1.165) is 9.91 Å². The molecule has 1 N–H and O–H groups in total. The van der Waals surface area contributed by atoms with E-state index in [4.69, 9.17) is 9.47 Å². The van der Waals surface area contributed by atoms with E-state index in [0.29, 0.717) is 22.9 Å². The molecule has 0 spiro atoms. The van der Waals surface area contributed by atoms with Gasteiger partial charge in [0.05, 0.1) is 12.1 Å². The molecule has 3 aromatic rings. The molecule has 4 amide bonds. The van der Waals surface area contributed by atoms with Crippen LogP contribution in [0.2, 0.25) is 0 Å². The molecule has 1 heterocycles. The number of carbonyl (C=O) groups excluding carboxylic acids is 4. The van der Waals surface area contributed by atoms with Crippen molar-refractivity contribution in [3.8, 4) is 17.2 Å². The van der Waals surface area contributed by atoms with Gasteiger partial charge in [0.2, 0.25) is 11.8 Å². The summed E-state index contributed by atoms with van der Waals surface area (Å²) in [4.78, 5) is 52.7. The molecule has 190 valence electrons. The van der Waals surface area contributed by atoms with Crippen molar-refractivity contribution in [3.05, 3.63) is 84.9 Å². The Morgan fingerprint density at radius 1 is 0.892 bits per heavy atom. The Kier molecular flexibility index (Phi) is 7.83. The maximum absolute atomic E-state index is 13.3. The smallest absolute Gasteiger partial charge is 0.276 e. The van der Waals surface area contributed by atoms with Crippen LogP contribution in [0.25, 0.3) is 0 Å². The molecule has 0 saturated carbocycles. The first kappa shape index (κ1) is 25.4. The monoisotopic (exact) mass is 501 g/mol. The number of hydrogen-bond donors (Lipinski definition) is 1. The third kappa shape index (κ3) is 6.13. The van der Waals surface area contributed by atoms with Crippen LogP contribution >= 0.6 is 0 Å². The van der Waals surface area contributed by atoms with Crippen LogP contribution in [0.5, 0.6) is 17.2 Å². The summed E-state index contributed by atoms with van der Waals surface area (Å²) >= 11 is 0. The highest BCUT2D eigenvalue weighted by Gasteiger charge is 2.45. The van der Waals surface area contributed by atoms with Crippen molar-refractivity contribution in [2.75, 3.05) is 11.5 Å². The minimum Gasteiger partial charge on any atom is -0.484 e. The minimum absolute atomic E-state index is 0.265. The zero-order chi connectivity index (χ0) is 26.4. The molecule has 1 aliphatic heterocycles. The molecule has 4 rings (SSSR count). The van der Waals surface area contributed by atoms with Gasteiger partial charge in [0.15, 0.2) is 6.61 Å². The number of anilines is 1. The van der Waals surface area contributed by atoms with Crippen LogP contribution in [0.15, 0.2) is 84.9 Å². The maximum Gasteiger partial charge on any atom is 0.276 e. The lowest BCUT2D eigenvalue weighted by atomic mass is 10.1. The fraction of sp³-hybridized carbons (Fsp3) is 0.214. The Morgan fingerprint density at radius 3 is 2.05 bits per heavy atom. The number of nitrogens with zero attached hydrogens (tertiary/aromatic N) is 2. The van der Waals surface area contributed by atoms with Crippen LogP contribution in [-0.2, 0) is 19.2 Å². The van der Waals surface area contributed by atoms with E-state index in [1.807, 2.05) is 36.4 Å². The summed E-state index contributed by atoms with van der Waals surface area (Å²) in [6, 6.07) is 23.2. The third-order valence-electron chi connectivity index (χ3n) is 5.60. The molecule has 0 aromatic heterocycles. The van der Waals surface area contributed by atoms with Gasteiger partial charge in [0.1, 0.15) is 23.3 Å². The van der Waals surface area contributed by atoms with E-state index >= 15 is 0 Å². The largest absolute Gasteiger partial charge is 0.484 e. The van der Waals surface area contributed by atoms with E-state index in [1.165, 1.54) is 0 Å². The lowest BCUT2D eigenvalue weighted by Gasteiger charge is -2.29. The molecule has 1 aliphatic rings. The van der Waals surface area contributed by atoms with Crippen LogP contribution in [0.1, 0.15) is 20.3 Å². The molecule has 9 heteroatoms. The number of amides is 4. The van der Waals surface area contributed by atoms with Gasteiger partial charge >= 0.3 is 0 Å².